The Labute approximate surface area is 165 Å². The number of nitrogens with zero attached hydrogens (tertiary/aromatic N) is 3. The van der Waals surface area contributed by atoms with Crippen LogP contribution >= 0.6 is 11.3 Å². The van der Waals surface area contributed by atoms with Crippen molar-refractivity contribution in [2.24, 2.45) is 0 Å². The van der Waals surface area contributed by atoms with Crippen LogP contribution in [0.5, 0.6) is 0 Å². The molecule has 148 valence electrons. The first-order valence-electron chi connectivity index (χ1n) is 9.67. The third kappa shape index (κ3) is 4.63. The second kappa shape index (κ2) is 8.45. The zero-order chi connectivity index (χ0) is 18.7. The summed E-state index contributed by atoms with van der Waals surface area (Å²) in [5.41, 5.74) is 0. The van der Waals surface area contributed by atoms with Crippen LogP contribution in [-0.4, -0.2) is 68.3 Å². The summed E-state index contributed by atoms with van der Waals surface area (Å²) >= 11 is 1.83. The smallest absolute Gasteiger partial charge is 0.276 e. The summed E-state index contributed by atoms with van der Waals surface area (Å²) in [5.74, 6) is 0.736. The molecule has 0 unspecified atom stereocenters. The van der Waals surface area contributed by atoms with Gasteiger partial charge in [-0.05, 0) is 42.8 Å². The molecule has 2 aliphatic heterocycles. The van der Waals surface area contributed by atoms with E-state index in [-0.39, 0.29) is 5.09 Å². The van der Waals surface area contributed by atoms with Crippen molar-refractivity contribution < 1.29 is 12.8 Å². The van der Waals surface area contributed by atoms with E-state index in [2.05, 4.69) is 27.3 Å². The van der Waals surface area contributed by atoms with Gasteiger partial charge in [-0.15, -0.1) is 11.3 Å². The van der Waals surface area contributed by atoms with E-state index in [1.54, 1.807) is 6.07 Å². The fourth-order valence-corrected chi connectivity index (χ4v) is 5.90. The topological polar surface area (TPSA) is 57.0 Å². The Kier molecular flexibility index (Phi) is 5.99. The monoisotopic (exact) mass is 409 g/mol. The van der Waals surface area contributed by atoms with Crippen molar-refractivity contribution in [3.05, 3.63) is 40.3 Å². The molecule has 0 N–H and O–H groups in total. The Balaban J connectivity index is 1.26. The van der Waals surface area contributed by atoms with Gasteiger partial charge in [0.15, 0.2) is 0 Å². The molecule has 0 aromatic carbocycles. The molecule has 2 aliphatic rings. The second-order valence-corrected chi connectivity index (χ2v) is 10.2. The molecule has 4 heterocycles. The Morgan fingerprint density at radius 3 is 2.41 bits per heavy atom. The molecule has 6 nitrogen and oxygen atoms in total. The van der Waals surface area contributed by atoms with Crippen molar-refractivity contribution >= 4 is 21.4 Å². The molecule has 2 aromatic heterocycles. The fraction of sp³-hybridized carbons (Fsp3) is 0.579. The first-order valence-corrected chi connectivity index (χ1v) is 12.0. The second-order valence-electron chi connectivity index (χ2n) is 7.28. The van der Waals surface area contributed by atoms with Crippen LogP contribution in [-0.2, 0) is 23.0 Å². The van der Waals surface area contributed by atoms with Gasteiger partial charge in [0.05, 0.1) is 6.54 Å². The van der Waals surface area contributed by atoms with Crippen molar-refractivity contribution in [2.45, 2.75) is 30.9 Å². The third-order valence-corrected chi connectivity index (χ3v) is 8.10. The van der Waals surface area contributed by atoms with E-state index in [1.807, 2.05) is 17.4 Å². The maximum atomic E-state index is 12.6. The lowest BCUT2D eigenvalue weighted by molar-refractivity contribution is 0.120. The highest BCUT2D eigenvalue weighted by atomic mass is 32.2. The molecule has 0 amide bonds. The van der Waals surface area contributed by atoms with Gasteiger partial charge in [-0.25, -0.2) is 8.42 Å². The molecule has 0 saturated carbocycles. The number of hydrogen-bond donors (Lipinski definition) is 0. The Morgan fingerprint density at radius 2 is 1.70 bits per heavy atom. The predicted octanol–water partition coefficient (Wildman–Crippen LogP) is 2.49. The zero-order valence-electron chi connectivity index (χ0n) is 15.5. The first-order chi connectivity index (χ1) is 13.1. The number of thiophene rings is 1. The number of hydrogen-bond acceptors (Lipinski definition) is 6. The minimum atomic E-state index is -3.46. The van der Waals surface area contributed by atoms with E-state index in [9.17, 15) is 8.42 Å². The van der Waals surface area contributed by atoms with Crippen LogP contribution in [0.2, 0.25) is 0 Å². The van der Waals surface area contributed by atoms with Crippen molar-refractivity contribution in [3.63, 3.8) is 0 Å². The maximum Gasteiger partial charge on any atom is 0.276 e. The molecule has 0 radical (unpaired) electrons. The average Bonchev–Trinajstić information content (AvgIpc) is 3.43. The lowest BCUT2D eigenvalue weighted by atomic mass is 10.2. The largest absolute Gasteiger partial charge is 0.447 e. The normalized spacial score (nSPS) is 20.4. The highest BCUT2D eigenvalue weighted by Gasteiger charge is 2.30. The van der Waals surface area contributed by atoms with E-state index in [4.69, 9.17) is 4.42 Å². The SMILES string of the molecule is O=S(=O)(c1ccc(CN2CCN(CCc3cccs3)CC2)o1)N1CCCC1. The summed E-state index contributed by atoms with van der Waals surface area (Å²) in [5, 5.41) is 2.23. The predicted molar refractivity (Wildman–Crippen MR) is 106 cm³/mol. The minimum Gasteiger partial charge on any atom is -0.447 e. The summed E-state index contributed by atoms with van der Waals surface area (Å²) in [6.07, 6.45) is 2.99. The van der Waals surface area contributed by atoms with Gasteiger partial charge in [0.25, 0.3) is 10.0 Å². The van der Waals surface area contributed by atoms with Crippen molar-refractivity contribution in [1.29, 1.82) is 0 Å². The number of rotatable bonds is 7. The van der Waals surface area contributed by atoms with Gasteiger partial charge < -0.3 is 9.32 Å². The molecule has 8 heteroatoms. The van der Waals surface area contributed by atoms with Crippen LogP contribution < -0.4 is 0 Å². The van der Waals surface area contributed by atoms with Crippen LogP contribution in [0.15, 0.2) is 39.2 Å². The average molecular weight is 410 g/mol. The highest BCUT2D eigenvalue weighted by molar-refractivity contribution is 7.89. The molecule has 2 fully saturated rings. The van der Waals surface area contributed by atoms with E-state index in [1.165, 1.54) is 9.18 Å². The van der Waals surface area contributed by atoms with Crippen LogP contribution in [0, 0.1) is 0 Å². The van der Waals surface area contributed by atoms with Gasteiger partial charge in [-0.1, -0.05) is 6.07 Å². The van der Waals surface area contributed by atoms with Gasteiger partial charge in [0.1, 0.15) is 5.76 Å². The van der Waals surface area contributed by atoms with Crippen molar-refractivity contribution in [3.8, 4) is 0 Å². The van der Waals surface area contributed by atoms with Gasteiger partial charge in [0, 0.05) is 50.7 Å². The Hall–Kier alpha value is -1.19. The minimum absolute atomic E-state index is 0.0917. The molecule has 4 rings (SSSR count). The molecule has 2 saturated heterocycles. The standard InChI is InChI=1S/C19H27N3O3S2/c23-27(24,22-8-1-2-9-22)19-6-5-17(25-19)16-21-13-11-20(12-14-21)10-7-18-4-3-15-26-18/h3-6,15H,1-2,7-14,16H2. The van der Waals surface area contributed by atoms with Crippen LogP contribution in [0.3, 0.4) is 0 Å². The molecule has 0 atom stereocenters. The van der Waals surface area contributed by atoms with Gasteiger partial charge in [-0.2, -0.15) is 4.31 Å². The Bertz CT molecular complexity index is 818. The quantitative estimate of drug-likeness (QED) is 0.703. The molecular formula is C19H27N3O3S2. The third-order valence-electron chi connectivity index (χ3n) is 5.40. The number of piperazine rings is 1. The number of furan rings is 1. The molecule has 0 bridgehead atoms. The first kappa shape index (κ1) is 19.1. The molecular weight excluding hydrogens is 382 g/mol. The van der Waals surface area contributed by atoms with Crippen molar-refractivity contribution in [2.75, 3.05) is 45.8 Å². The Morgan fingerprint density at radius 1 is 0.963 bits per heavy atom. The van der Waals surface area contributed by atoms with Gasteiger partial charge in [0.2, 0.25) is 5.09 Å². The van der Waals surface area contributed by atoms with Crippen molar-refractivity contribution in [1.82, 2.24) is 14.1 Å². The summed E-state index contributed by atoms with van der Waals surface area (Å²) in [6, 6.07) is 7.73. The molecule has 27 heavy (non-hydrogen) atoms. The van der Waals surface area contributed by atoms with Crippen LogP contribution in [0.1, 0.15) is 23.5 Å². The molecule has 0 aliphatic carbocycles. The summed E-state index contributed by atoms with van der Waals surface area (Å²) < 4.78 is 32.4. The summed E-state index contributed by atoms with van der Waals surface area (Å²) in [6.45, 7) is 7.05. The zero-order valence-corrected chi connectivity index (χ0v) is 17.2. The number of sulfonamides is 1. The van der Waals surface area contributed by atoms with Crippen LogP contribution in [0.4, 0.5) is 0 Å². The van der Waals surface area contributed by atoms with E-state index in [0.717, 1.165) is 57.7 Å². The van der Waals surface area contributed by atoms with Crippen LogP contribution in [0.25, 0.3) is 0 Å². The van der Waals surface area contributed by atoms with Gasteiger partial charge in [-0.3, -0.25) is 4.90 Å². The highest BCUT2D eigenvalue weighted by Crippen LogP contribution is 2.23. The van der Waals surface area contributed by atoms with Gasteiger partial charge >= 0.3 is 0 Å². The van der Waals surface area contributed by atoms with E-state index in [0.29, 0.717) is 19.6 Å². The molecule has 0 spiro atoms. The fourth-order valence-electron chi connectivity index (χ4n) is 3.75. The lowest BCUT2D eigenvalue weighted by Gasteiger charge is -2.34. The van der Waals surface area contributed by atoms with E-state index < -0.39 is 10.0 Å². The summed E-state index contributed by atoms with van der Waals surface area (Å²) in [7, 11) is -3.46. The maximum absolute atomic E-state index is 12.6. The molecule has 2 aromatic rings. The van der Waals surface area contributed by atoms with E-state index >= 15 is 0 Å². The summed E-state index contributed by atoms with van der Waals surface area (Å²) in [4.78, 5) is 6.29. The lowest BCUT2D eigenvalue weighted by Crippen LogP contribution is -2.46.